The monoisotopic (exact) mass is 535 g/mol. The molecule has 1 N–H and O–H groups in total. The van der Waals surface area contributed by atoms with Gasteiger partial charge < -0.3 is 14.6 Å². The molecule has 2 unspecified atom stereocenters. The number of aryl methyl sites for hydroxylation is 1. The normalized spacial score (nSPS) is 19.4. The van der Waals surface area contributed by atoms with Gasteiger partial charge in [0, 0.05) is 17.7 Å². The maximum atomic E-state index is 13.1. The second kappa shape index (κ2) is 10.1. The highest BCUT2D eigenvalue weighted by atomic mass is 35.5. The van der Waals surface area contributed by atoms with Gasteiger partial charge in [0.15, 0.2) is 0 Å². The van der Waals surface area contributed by atoms with Gasteiger partial charge >= 0.3 is 12.1 Å². The number of ether oxygens (including phenoxy) is 2. The summed E-state index contributed by atoms with van der Waals surface area (Å²) in [5, 5.41) is 9.49. The Bertz CT molecular complexity index is 1400. The van der Waals surface area contributed by atoms with Gasteiger partial charge in [-0.15, -0.1) is 0 Å². The van der Waals surface area contributed by atoms with Crippen molar-refractivity contribution in [2.45, 2.75) is 33.5 Å². The summed E-state index contributed by atoms with van der Waals surface area (Å²) in [6.45, 7) is 5.88. The zero-order valence-corrected chi connectivity index (χ0v) is 21.1. The molecule has 0 saturated heterocycles. The third-order valence-corrected chi connectivity index (χ3v) is 6.55. The first-order chi connectivity index (χ1) is 17.4. The van der Waals surface area contributed by atoms with E-state index < -0.39 is 29.0 Å². The molecule has 3 aromatic rings. The van der Waals surface area contributed by atoms with Crippen LogP contribution in [0.15, 0.2) is 48.7 Å². The van der Waals surface area contributed by atoms with Gasteiger partial charge in [-0.2, -0.15) is 18.2 Å². The highest BCUT2D eigenvalue weighted by Crippen LogP contribution is 2.36. The summed E-state index contributed by atoms with van der Waals surface area (Å²) in [6, 6.07) is 4.63. The van der Waals surface area contributed by atoms with Gasteiger partial charge in [0.2, 0.25) is 0 Å². The summed E-state index contributed by atoms with van der Waals surface area (Å²) < 4.78 is 52.6. The number of benzene rings is 1. The number of carboxylic acid groups (broad SMARTS) is 1. The van der Waals surface area contributed by atoms with Crippen molar-refractivity contribution < 1.29 is 32.5 Å². The number of rotatable bonds is 8. The fourth-order valence-electron chi connectivity index (χ4n) is 4.22. The fraction of sp³-hybridized carbons (Fsp3) is 0.346. The number of halogens is 4. The van der Waals surface area contributed by atoms with Crippen molar-refractivity contribution in [1.82, 2.24) is 14.5 Å². The molecule has 37 heavy (non-hydrogen) atoms. The molecule has 4 rings (SSSR count). The Balaban J connectivity index is 1.69. The minimum atomic E-state index is -4.56. The second-order valence-corrected chi connectivity index (χ2v) is 9.43. The summed E-state index contributed by atoms with van der Waals surface area (Å²) in [7, 11) is 0. The first-order valence-corrected chi connectivity index (χ1v) is 11.9. The van der Waals surface area contributed by atoms with Gasteiger partial charge in [-0.3, -0.25) is 14.3 Å². The summed E-state index contributed by atoms with van der Waals surface area (Å²) in [5.74, 6) is -1.21. The van der Waals surface area contributed by atoms with Crippen LogP contribution in [-0.2, 0) is 17.5 Å². The first-order valence-electron chi connectivity index (χ1n) is 11.5. The number of aromatic nitrogens is 3. The van der Waals surface area contributed by atoms with Crippen LogP contribution in [0.3, 0.4) is 0 Å². The average molecular weight is 536 g/mol. The molecule has 7 nitrogen and oxygen atoms in total. The van der Waals surface area contributed by atoms with E-state index in [0.717, 1.165) is 17.8 Å². The van der Waals surface area contributed by atoms with E-state index in [2.05, 4.69) is 9.97 Å². The number of hydrogen-bond donors (Lipinski definition) is 1. The molecular formula is C26H25ClF3N3O4. The molecule has 0 amide bonds. The van der Waals surface area contributed by atoms with Crippen molar-refractivity contribution in [2.24, 2.45) is 11.3 Å². The van der Waals surface area contributed by atoms with Crippen LogP contribution in [0.25, 0.3) is 11.0 Å². The molecule has 1 aliphatic rings. The van der Waals surface area contributed by atoms with E-state index >= 15 is 0 Å². The molecule has 1 aromatic carbocycles. The number of carbonyl (C=O) groups is 1. The Morgan fingerprint density at radius 1 is 1.24 bits per heavy atom. The number of alkyl halides is 3. The molecule has 0 aliphatic heterocycles. The first kappa shape index (κ1) is 26.5. The van der Waals surface area contributed by atoms with E-state index in [0.29, 0.717) is 23.4 Å². The van der Waals surface area contributed by atoms with Crippen LogP contribution in [0, 0.1) is 18.3 Å². The molecule has 0 bridgehead atoms. The van der Waals surface area contributed by atoms with E-state index in [9.17, 15) is 23.1 Å². The topological polar surface area (TPSA) is 86.5 Å². The van der Waals surface area contributed by atoms with E-state index in [4.69, 9.17) is 21.1 Å². The molecule has 196 valence electrons. The van der Waals surface area contributed by atoms with E-state index in [1.165, 1.54) is 0 Å². The van der Waals surface area contributed by atoms with Crippen molar-refractivity contribution in [3.63, 3.8) is 0 Å². The number of pyridine rings is 1. The molecule has 2 aromatic heterocycles. The van der Waals surface area contributed by atoms with E-state index in [-0.39, 0.29) is 29.9 Å². The minimum absolute atomic E-state index is 0.0119. The molecule has 2 atom stereocenters. The van der Waals surface area contributed by atoms with Crippen LogP contribution >= 0.6 is 11.6 Å². The maximum absolute atomic E-state index is 13.1. The van der Waals surface area contributed by atoms with Crippen LogP contribution in [0.1, 0.15) is 30.7 Å². The fourth-order valence-corrected chi connectivity index (χ4v) is 4.44. The molecule has 11 heteroatoms. The Hall–Kier alpha value is -3.53. The van der Waals surface area contributed by atoms with E-state index in [1.54, 1.807) is 41.9 Å². The summed E-state index contributed by atoms with van der Waals surface area (Å²) in [5.41, 5.74) is 0.516. The predicted molar refractivity (Wildman–Crippen MR) is 132 cm³/mol. The quantitative estimate of drug-likeness (QED) is 0.377. The van der Waals surface area contributed by atoms with Crippen molar-refractivity contribution in [3.05, 3.63) is 70.5 Å². The SMILES string of the molecule is CCOc1nc2c(C)cc(OCC3(C)C=CC=CC3C(=O)O)cc2n1Cc1ncc(C(F)(F)F)cc1Cl. The predicted octanol–water partition coefficient (Wildman–Crippen LogP) is 6.07. The maximum Gasteiger partial charge on any atom is 0.417 e. The number of nitrogens with zero attached hydrogens (tertiary/aromatic N) is 3. The Morgan fingerprint density at radius 3 is 2.65 bits per heavy atom. The number of fused-ring (bicyclic) bond motifs is 1. The largest absolute Gasteiger partial charge is 0.493 e. The molecular weight excluding hydrogens is 511 g/mol. The third-order valence-electron chi connectivity index (χ3n) is 6.23. The van der Waals surface area contributed by atoms with Crippen LogP contribution in [0.5, 0.6) is 11.8 Å². The van der Waals surface area contributed by atoms with Gasteiger partial charge in [0.1, 0.15) is 5.75 Å². The van der Waals surface area contributed by atoms with Crippen LogP contribution in [0.4, 0.5) is 13.2 Å². The lowest BCUT2D eigenvalue weighted by Crippen LogP contribution is -2.36. The summed E-state index contributed by atoms with van der Waals surface area (Å²) >= 11 is 6.16. The van der Waals surface area contributed by atoms with Crippen molar-refractivity contribution >= 4 is 28.6 Å². The van der Waals surface area contributed by atoms with Crippen molar-refractivity contribution in [1.29, 1.82) is 0 Å². The number of hydrogen-bond acceptors (Lipinski definition) is 5. The molecule has 0 fully saturated rings. The smallest absolute Gasteiger partial charge is 0.417 e. The minimum Gasteiger partial charge on any atom is -0.493 e. The lowest BCUT2D eigenvalue weighted by atomic mass is 9.75. The van der Waals surface area contributed by atoms with Gasteiger partial charge in [0.25, 0.3) is 6.01 Å². The number of aliphatic carboxylic acids is 1. The van der Waals surface area contributed by atoms with Crippen molar-refractivity contribution in [3.8, 4) is 11.8 Å². The van der Waals surface area contributed by atoms with Crippen molar-refractivity contribution in [2.75, 3.05) is 13.2 Å². The second-order valence-electron chi connectivity index (χ2n) is 9.03. The summed E-state index contributed by atoms with van der Waals surface area (Å²) in [6.07, 6.45) is 3.12. The lowest BCUT2D eigenvalue weighted by Gasteiger charge is -2.32. The Morgan fingerprint density at radius 2 is 2.00 bits per heavy atom. The molecule has 1 aliphatic carbocycles. The van der Waals surface area contributed by atoms with Gasteiger partial charge in [-0.1, -0.05) is 42.8 Å². The zero-order valence-electron chi connectivity index (χ0n) is 20.3. The highest BCUT2D eigenvalue weighted by Gasteiger charge is 2.37. The third kappa shape index (κ3) is 5.44. The average Bonchev–Trinajstić information content (AvgIpc) is 3.16. The lowest BCUT2D eigenvalue weighted by molar-refractivity contribution is -0.143. The van der Waals surface area contributed by atoms with Crippen LogP contribution in [0.2, 0.25) is 5.02 Å². The Labute approximate surface area is 216 Å². The number of allylic oxidation sites excluding steroid dienone is 2. The van der Waals surface area contributed by atoms with Gasteiger partial charge in [-0.25, -0.2) is 0 Å². The van der Waals surface area contributed by atoms with Gasteiger partial charge in [0.05, 0.1) is 53.0 Å². The zero-order chi connectivity index (χ0) is 27.0. The van der Waals surface area contributed by atoms with Gasteiger partial charge in [-0.05, 0) is 31.5 Å². The molecule has 0 radical (unpaired) electrons. The number of carboxylic acids is 1. The van der Waals surface area contributed by atoms with Crippen LogP contribution < -0.4 is 9.47 Å². The molecule has 0 saturated carbocycles. The number of imidazole rings is 1. The standard InChI is InChI=1S/C26H25ClF3N3O4/c1-4-36-24-32-22-15(2)9-17(37-14-25(3)8-6-5-7-18(25)23(34)35)11-21(22)33(24)13-20-19(27)10-16(12-31-20)26(28,29)30/h5-12,18H,4,13-14H2,1-3H3,(H,34,35). The Kier molecular flexibility index (Phi) is 7.23. The summed E-state index contributed by atoms with van der Waals surface area (Å²) in [4.78, 5) is 20.3. The molecule has 0 spiro atoms. The molecule has 2 heterocycles. The highest BCUT2D eigenvalue weighted by molar-refractivity contribution is 6.31. The van der Waals surface area contributed by atoms with Crippen LogP contribution in [-0.4, -0.2) is 38.8 Å². The van der Waals surface area contributed by atoms with E-state index in [1.807, 2.05) is 19.9 Å².